The Morgan fingerprint density at radius 3 is 2.18 bits per heavy atom. The lowest BCUT2D eigenvalue weighted by molar-refractivity contribution is 0.184. The molecule has 0 spiro atoms. The van der Waals surface area contributed by atoms with Gasteiger partial charge in [0.2, 0.25) is 0 Å². The van der Waals surface area contributed by atoms with Gasteiger partial charge >= 0.3 is 0 Å². The second-order valence-corrected chi connectivity index (χ2v) is 5.53. The first kappa shape index (κ1) is 14.0. The van der Waals surface area contributed by atoms with Crippen molar-refractivity contribution in [3.05, 3.63) is 29.8 Å². The van der Waals surface area contributed by atoms with Crippen molar-refractivity contribution in [2.75, 3.05) is 19.0 Å². The lowest BCUT2D eigenvalue weighted by Gasteiger charge is -2.21. The van der Waals surface area contributed by atoms with Crippen LogP contribution in [-0.4, -0.2) is 19.8 Å². The van der Waals surface area contributed by atoms with Gasteiger partial charge in [0.25, 0.3) is 0 Å². The fourth-order valence-corrected chi connectivity index (χ4v) is 1.76. The molecule has 0 heterocycles. The van der Waals surface area contributed by atoms with E-state index >= 15 is 0 Å². The highest BCUT2D eigenvalue weighted by molar-refractivity contribution is 5.46. The number of benzene rings is 1. The van der Waals surface area contributed by atoms with Gasteiger partial charge in [-0.3, -0.25) is 0 Å². The highest BCUT2D eigenvalue weighted by atomic mass is 16.5. The predicted octanol–water partition coefficient (Wildman–Crippen LogP) is 3.82. The van der Waals surface area contributed by atoms with Crippen molar-refractivity contribution < 1.29 is 4.74 Å². The van der Waals surface area contributed by atoms with Crippen LogP contribution in [-0.2, 0) is 10.2 Å². The van der Waals surface area contributed by atoms with Crippen LogP contribution in [0.25, 0.3) is 0 Å². The normalized spacial score (nSPS) is 13.5. The summed E-state index contributed by atoms with van der Waals surface area (Å²) in [4.78, 5) is 0. The molecule has 17 heavy (non-hydrogen) atoms. The number of nitrogens with one attached hydrogen (secondary N) is 1. The molecule has 1 aromatic rings. The molecular formula is C15H25NO. The van der Waals surface area contributed by atoms with E-state index in [1.165, 1.54) is 11.3 Å². The van der Waals surface area contributed by atoms with E-state index in [4.69, 9.17) is 4.74 Å². The second-order valence-electron chi connectivity index (χ2n) is 5.53. The Kier molecular flexibility index (Phi) is 5.01. The topological polar surface area (TPSA) is 21.3 Å². The van der Waals surface area contributed by atoms with Gasteiger partial charge in [0.1, 0.15) is 0 Å². The van der Waals surface area contributed by atoms with Gasteiger partial charge in [-0.05, 0) is 29.5 Å². The fourth-order valence-electron chi connectivity index (χ4n) is 1.76. The fraction of sp³-hybridized carbons (Fsp3) is 0.600. The smallest absolute Gasteiger partial charge is 0.0663 e. The van der Waals surface area contributed by atoms with Gasteiger partial charge in [-0.2, -0.15) is 0 Å². The van der Waals surface area contributed by atoms with Crippen LogP contribution in [0, 0.1) is 0 Å². The van der Waals surface area contributed by atoms with E-state index in [-0.39, 0.29) is 5.41 Å². The van der Waals surface area contributed by atoms with Crippen molar-refractivity contribution in [1.82, 2.24) is 0 Å². The Morgan fingerprint density at radius 1 is 1.18 bits per heavy atom. The van der Waals surface area contributed by atoms with E-state index in [0.717, 1.165) is 13.0 Å². The molecule has 1 atom stereocenters. The maximum Gasteiger partial charge on any atom is 0.0663 e. The van der Waals surface area contributed by atoms with Crippen LogP contribution in [0.15, 0.2) is 24.3 Å². The number of rotatable bonds is 5. The largest absolute Gasteiger partial charge is 0.383 e. The minimum Gasteiger partial charge on any atom is -0.383 e. The molecule has 1 unspecified atom stereocenters. The van der Waals surface area contributed by atoms with E-state index in [0.29, 0.717) is 6.04 Å². The van der Waals surface area contributed by atoms with Gasteiger partial charge in [-0.25, -0.2) is 0 Å². The Labute approximate surface area is 105 Å². The lowest BCUT2D eigenvalue weighted by Crippen LogP contribution is -2.23. The molecule has 0 aliphatic rings. The Hall–Kier alpha value is -1.02. The van der Waals surface area contributed by atoms with E-state index in [2.05, 4.69) is 57.3 Å². The summed E-state index contributed by atoms with van der Waals surface area (Å²) in [6.45, 7) is 9.61. The van der Waals surface area contributed by atoms with Crippen LogP contribution in [0.5, 0.6) is 0 Å². The first-order chi connectivity index (χ1) is 7.97. The van der Waals surface area contributed by atoms with E-state index < -0.39 is 0 Å². The van der Waals surface area contributed by atoms with Crippen LogP contribution in [0.4, 0.5) is 5.69 Å². The van der Waals surface area contributed by atoms with E-state index in [1.54, 1.807) is 7.11 Å². The zero-order valence-electron chi connectivity index (χ0n) is 11.7. The van der Waals surface area contributed by atoms with E-state index in [9.17, 15) is 0 Å². The van der Waals surface area contributed by atoms with Gasteiger partial charge in [0.05, 0.1) is 6.61 Å². The maximum atomic E-state index is 5.18. The van der Waals surface area contributed by atoms with Crippen LogP contribution >= 0.6 is 0 Å². The number of ether oxygens (including phenoxy) is 1. The Balaban J connectivity index is 2.68. The first-order valence-electron chi connectivity index (χ1n) is 6.33. The minimum atomic E-state index is 0.217. The Bertz CT molecular complexity index is 324. The van der Waals surface area contributed by atoms with Gasteiger partial charge in [0, 0.05) is 18.8 Å². The summed E-state index contributed by atoms with van der Waals surface area (Å²) in [5.41, 5.74) is 2.75. The first-order valence-corrected chi connectivity index (χ1v) is 6.33. The van der Waals surface area contributed by atoms with Gasteiger partial charge < -0.3 is 10.1 Å². The third kappa shape index (κ3) is 4.39. The van der Waals surface area contributed by atoms with Crippen molar-refractivity contribution in [3.63, 3.8) is 0 Å². The summed E-state index contributed by atoms with van der Waals surface area (Å²) in [7, 11) is 1.74. The van der Waals surface area contributed by atoms with Gasteiger partial charge in [-0.15, -0.1) is 0 Å². The molecule has 1 rings (SSSR count). The highest BCUT2D eigenvalue weighted by Gasteiger charge is 2.13. The number of anilines is 1. The van der Waals surface area contributed by atoms with Crippen LogP contribution in [0.1, 0.15) is 39.7 Å². The minimum absolute atomic E-state index is 0.217. The maximum absolute atomic E-state index is 5.18. The van der Waals surface area contributed by atoms with E-state index in [1.807, 2.05) is 0 Å². The van der Waals surface area contributed by atoms with Gasteiger partial charge in [-0.1, -0.05) is 39.8 Å². The zero-order valence-corrected chi connectivity index (χ0v) is 11.7. The van der Waals surface area contributed by atoms with Crippen molar-refractivity contribution >= 4 is 5.69 Å². The second kappa shape index (κ2) is 6.06. The molecule has 0 aliphatic carbocycles. The molecule has 0 fully saturated rings. The van der Waals surface area contributed by atoms with Crippen molar-refractivity contribution in [2.24, 2.45) is 0 Å². The molecular weight excluding hydrogens is 210 g/mol. The molecule has 0 saturated heterocycles. The molecule has 0 aliphatic heterocycles. The summed E-state index contributed by atoms with van der Waals surface area (Å²) in [6, 6.07) is 9.09. The van der Waals surface area contributed by atoms with Crippen molar-refractivity contribution in [3.8, 4) is 0 Å². The summed E-state index contributed by atoms with van der Waals surface area (Å²) >= 11 is 0. The average molecular weight is 235 g/mol. The molecule has 0 aromatic heterocycles. The van der Waals surface area contributed by atoms with Gasteiger partial charge in [0.15, 0.2) is 0 Å². The standard InChI is InChI=1S/C15H25NO/c1-6-13(11-17-5)16-14-9-7-12(8-10-14)15(2,3)4/h7-10,13,16H,6,11H2,1-5H3. The monoisotopic (exact) mass is 235 g/mol. The van der Waals surface area contributed by atoms with Crippen molar-refractivity contribution in [2.45, 2.75) is 45.6 Å². The molecule has 0 radical (unpaired) electrons. The zero-order chi connectivity index (χ0) is 12.9. The summed E-state index contributed by atoms with van der Waals surface area (Å²) in [5, 5.41) is 3.48. The quantitative estimate of drug-likeness (QED) is 0.837. The lowest BCUT2D eigenvalue weighted by atomic mass is 9.87. The van der Waals surface area contributed by atoms with Crippen LogP contribution in [0.3, 0.4) is 0 Å². The third-order valence-corrected chi connectivity index (χ3v) is 2.98. The molecule has 0 saturated carbocycles. The average Bonchev–Trinajstić information content (AvgIpc) is 2.28. The molecule has 0 bridgehead atoms. The highest BCUT2D eigenvalue weighted by Crippen LogP contribution is 2.23. The van der Waals surface area contributed by atoms with Crippen molar-refractivity contribution in [1.29, 1.82) is 0 Å². The summed E-state index contributed by atoms with van der Waals surface area (Å²) < 4.78 is 5.18. The summed E-state index contributed by atoms with van der Waals surface area (Å²) in [5.74, 6) is 0. The third-order valence-electron chi connectivity index (χ3n) is 2.98. The Morgan fingerprint density at radius 2 is 1.76 bits per heavy atom. The molecule has 1 aromatic carbocycles. The molecule has 1 N–H and O–H groups in total. The number of methoxy groups -OCH3 is 1. The molecule has 0 amide bonds. The number of hydrogen-bond donors (Lipinski definition) is 1. The molecule has 2 nitrogen and oxygen atoms in total. The molecule has 96 valence electrons. The molecule has 2 heteroatoms. The summed E-state index contributed by atoms with van der Waals surface area (Å²) in [6.07, 6.45) is 1.06. The van der Waals surface area contributed by atoms with Crippen LogP contribution < -0.4 is 5.32 Å². The predicted molar refractivity (Wildman–Crippen MR) is 74.7 cm³/mol. The SMILES string of the molecule is CCC(COC)Nc1ccc(C(C)(C)C)cc1. The number of hydrogen-bond acceptors (Lipinski definition) is 2. The van der Waals surface area contributed by atoms with Crippen LogP contribution in [0.2, 0.25) is 0 Å².